The minimum Gasteiger partial charge on any atom is -0.341 e. The van der Waals surface area contributed by atoms with Crippen LogP contribution in [0.5, 0.6) is 0 Å². The maximum atomic E-state index is 12.5. The molecule has 10 heteroatoms. The Morgan fingerprint density at radius 2 is 2.03 bits per heavy atom. The summed E-state index contributed by atoms with van der Waals surface area (Å²) < 4.78 is 2.32. The fourth-order valence-corrected chi connectivity index (χ4v) is 5.61. The number of piperidine rings is 1. The number of thiazole rings is 1. The van der Waals surface area contributed by atoms with Crippen LogP contribution in [-0.4, -0.2) is 50.8 Å². The van der Waals surface area contributed by atoms with Crippen molar-refractivity contribution in [1.29, 1.82) is 0 Å². The van der Waals surface area contributed by atoms with Gasteiger partial charge in [-0.1, -0.05) is 31.1 Å². The molecule has 2 amide bonds. The number of amides is 2. The van der Waals surface area contributed by atoms with Gasteiger partial charge in [-0.05, 0) is 24.3 Å². The van der Waals surface area contributed by atoms with E-state index in [1.165, 1.54) is 35.2 Å². The average molecular weight is 461 g/mol. The lowest BCUT2D eigenvalue weighted by Crippen LogP contribution is -2.43. The molecule has 0 saturated carbocycles. The Balaban J connectivity index is 1.69. The number of hydrogen-bond donors (Lipinski definition) is 0. The Morgan fingerprint density at radius 1 is 1.32 bits per heavy atom. The summed E-state index contributed by atoms with van der Waals surface area (Å²) in [5.41, 5.74) is 0.658. The number of rotatable bonds is 6. The molecule has 1 aliphatic rings. The number of fused-ring (bicyclic) bond motifs is 1. The summed E-state index contributed by atoms with van der Waals surface area (Å²) in [5, 5.41) is 11.0. The maximum Gasteiger partial charge on any atom is 0.270 e. The van der Waals surface area contributed by atoms with Crippen LogP contribution in [0.25, 0.3) is 10.2 Å². The van der Waals surface area contributed by atoms with E-state index in [1.54, 1.807) is 10.6 Å². The van der Waals surface area contributed by atoms with Gasteiger partial charge in [-0.15, -0.1) is 18.2 Å². The quantitative estimate of drug-likeness (QED) is 0.375. The van der Waals surface area contributed by atoms with Gasteiger partial charge in [0.2, 0.25) is 5.91 Å². The van der Waals surface area contributed by atoms with E-state index in [4.69, 9.17) is 6.42 Å². The van der Waals surface area contributed by atoms with Crippen LogP contribution in [0.3, 0.4) is 0 Å². The summed E-state index contributed by atoms with van der Waals surface area (Å²) in [5.74, 6) is 3.50. The molecule has 2 heterocycles. The number of nitrogens with zero attached hydrogens (tertiary/aromatic N) is 4. The highest BCUT2D eigenvalue weighted by atomic mass is 32.2. The lowest BCUT2D eigenvalue weighted by Gasteiger charge is -2.35. The van der Waals surface area contributed by atoms with Crippen molar-refractivity contribution in [3.8, 4) is 12.3 Å². The van der Waals surface area contributed by atoms with Gasteiger partial charge >= 0.3 is 0 Å². The normalized spacial score (nSPS) is 19.4. The number of thioether (sulfide) groups is 1. The van der Waals surface area contributed by atoms with Crippen LogP contribution < -0.4 is 4.80 Å². The third-order valence-electron chi connectivity index (χ3n) is 5.02. The number of carbonyl (C=O) groups excluding carboxylic acids is 2. The fraction of sp³-hybridized carbons (Fsp3) is 0.476. The second-order valence-corrected chi connectivity index (χ2v) is 9.82. The van der Waals surface area contributed by atoms with Gasteiger partial charge in [0, 0.05) is 25.2 Å². The van der Waals surface area contributed by atoms with Gasteiger partial charge in [-0.2, -0.15) is 4.99 Å². The first kappa shape index (κ1) is 23.0. The highest BCUT2D eigenvalue weighted by molar-refractivity contribution is 8.00. The van der Waals surface area contributed by atoms with Crippen molar-refractivity contribution in [2.24, 2.45) is 16.8 Å². The number of nitro benzene ring substituents is 1. The number of benzene rings is 1. The number of hydrogen-bond acceptors (Lipinski definition) is 6. The molecule has 0 radical (unpaired) electrons. The van der Waals surface area contributed by atoms with E-state index in [1.807, 2.05) is 4.90 Å². The number of non-ortho nitro benzene ring substituents is 1. The van der Waals surface area contributed by atoms with Crippen LogP contribution in [0.4, 0.5) is 5.69 Å². The van der Waals surface area contributed by atoms with E-state index in [0.29, 0.717) is 26.9 Å². The molecular formula is C21H24N4O4S2. The van der Waals surface area contributed by atoms with Crippen molar-refractivity contribution in [3.63, 3.8) is 0 Å². The van der Waals surface area contributed by atoms with Gasteiger partial charge in [-0.25, -0.2) is 0 Å². The predicted octanol–water partition coefficient (Wildman–Crippen LogP) is 2.91. The first-order chi connectivity index (χ1) is 14.8. The third-order valence-corrected chi connectivity index (χ3v) is 6.96. The number of carbonyl (C=O) groups is 2. The van der Waals surface area contributed by atoms with E-state index in [2.05, 4.69) is 24.8 Å². The van der Waals surface area contributed by atoms with Gasteiger partial charge in [-0.3, -0.25) is 19.7 Å². The zero-order chi connectivity index (χ0) is 22.5. The third kappa shape index (κ3) is 5.74. The SMILES string of the molecule is C#CCn1c(=NC(=O)CSCC(=O)N2CC(C)CC(C)C2)sc2cc([N+](=O)[O-])ccc21. The molecule has 1 fully saturated rings. The Bertz CT molecular complexity index is 1100. The second-order valence-electron chi connectivity index (χ2n) is 7.83. The average Bonchev–Trinajstić information content (AvgIpc) is 3.03. The number of likely N-dealkylation sites (tertiary alicyclic amines) is 1. The van der Waals surface area contributed by atoms with E-state index in [0.717, 1.165) is 19.5 Å². The molecule has 2 unspecified atom stereocenters. The Hall–Kier alpha value is -2.64. The standard InChI is InChI=1S/C21H24N4O4S2/c1-4-7-24-17-6-5-16(25(28)29)9-18(17)31-21(24)22-19(26)12-30-13-20(27)23-10-14(2)8-15(3)11-23/h1,5-6,9,14-15H,7-8,10-13H2,2-3H3. The summed E-state index contributed by atoms with van der Waals surface area (Å²) in [4.78, 5) is 41.8. The molecule has 0 aliphatic carbocycles. The first-order valence-electron chi connectivity index (χ1n) is 9.92. The van der Waals surface area contributed by atoms with Gasteiger partial charge in [0.05, 0.1) is 33.2 Å². The van der Waals surface area contributed by atoms with E-state index in [9.17, 15) is 19.7 Å². The predicted molar refractivity (Wildman–Crippen MR) is 123 cm³/mol. The van der Waals surface area contributed by atoms with Crippen molar-refractivity contribution in [2.75, 3.05) is 24.6 Å². The molecule has 8 nitrogen and oxygen atoms in total. The second kappa shape index (κ2) is 10.1. The summed E-state index contributed by atoms with van der Waals surface area (Å²) >= 11 is 2.43. The molecular weight excluding hydrogens is 436 g/mol. The van der Waals surface area contributed by atoms with E-state index < -0.39 is 4.92 Å². The number of terminal acetylenes is 1. The fourth-order valence-electron chi connectivity index (χ4n) is 3.83. The van der Waals surface area contributed by atoms with Crippen LogP contribution in [-0.2, 0) is 16.1 Å². The molecule has 31 heavy (non-hydrogen) atoms. The molecule has 1 aromatic carbocycles. The van der Waals surface area contributed by atoms with Crippen LogP contribution in [0, 0.1) is 34.3 Å². The lowest BCUT2D eigenvalue weighted by molar-refractivity contribution is -0.384. The zero-order valence-electron chi connectivity index (χ0n) is 17.4. The lowest BCUT2D eigenvalue weighted by atomic mass is 9.92. The van der Waals surface area contributed by atoms with Crippen molar-refractivity contribution in [1.82, 2.24) is 9.47 Å². The van der Waals surface area contributed by atoms with Crippen LogP contribution in [0.15, 0.2) is 23.2 Å². The molecule has 0 bridgehead atoms. The van der Waals surface area contributed by atoms with Gasteiger partial charge < -0.3 is 9.47 Å². The molecule has 3 rings (SSSR count). The zero-order valence-corrected chi connectivity index (χ0v) is 19.1. The first-order valence-corrected chi connectivity index (χ1v) is 11.9. The number of aromatic nitrogens is 1. The Kier molecular flexibility index (Phi) is 7.51. The molecule has 1 aliphatic heterocycles. The maximum absolute atomic E-state index is 12.5. The monoisotopic (exact) mass is 460 g/mol. The summed E-state index contributed by atoms with van der Waals surface area (Å²) in [7, 11) is 0. The molecule has 164 valence electrons. The van der Waals surface area contributed by atoms with Crippen molar-refractivity contribution in [3.05, 3.63) is 33.1 Å². The van der Waals surface area contributed by atoms with Crippen LogP contribution >= 0.6 is 23.1 Å². The molecule has 2 atom stereocenters. The Labute approximate surface area is 188 Å². The minimum atomic E-state index is -0.468. The van der Waals surface area contributed by atoms with Crippen LogP contribution in [0.1, 0.15) is 20.3 Å². The molecule has 2 aromatic rings. The summed E-state index contributed by atoms with van der Waals surface area (Å²) in [6, 6.07) is 4.46. The van der Waals surface area contributed by atoms with Crippen LogP contribution in [0.2, 0.25) is 0 Å². The van der Waals surface area contributed by atoms with E-state index >= 15 is 0 Å². The van der Waals surface area contributed by atoms with Gasteiger partial charge in [0.25, 0.3) is 11.6 Å². The topological polar surface area (TPSA) is 97.8 Å². The Morgan fingerprint density at radius 3 is 2.68 bits per heavy atom. The van der Waals surface area contributed by atoms with E-state index in [-0.39, 0.29) is 35.6 Å². The van der Waals surface area contributed by atoms with Gasteiger partial charge in [0.1, 0.15) is 0 Å². The highest BCUT2D eigenvalue weighted by Crippen LogP contribution is 2.24. The molecule has 1 aromatic heterocycles. The van der Waals surface area contributed by atoms with Crippen molar-refractivity contribution < 1.29 is 14.5 Å². The highest BCUT2D eigenvalue weighted by Gasteiger charge is 2.25. The summed E-state index contributed by atoms with van der Waals surface area (Å²) in [6.07, 6.45) is 6.57. The van der Waals surface area contributed by atoms with Crippen molar-refractivity contribution in [2.45, 2.75) is 26.8 Å². The van der Waals surface area contributed by atoms with Crippen molar-refractivity contribution >= 4 is 50.8 Å². The smallest absolute Gasteiger partial charge is 0.270 e. The summed E-state index contributed by atoms with van der Waals surface area (Å²) in [6.45, 7) is 6.03. The minimum absolute atomic E-state index is 0.0325. The number of nitro groups is 1. The molecule has 0 N–H and O–H groups in total. The largest absolute Gasteiger partial charge is 0.341 e. The molecule has 1 saturated heterocycles. The molecule has 0 spiro atoms. The van der Waals surface area contributed by atoms with Gasteiger partial charge in [0.15, 0.2) is 4.80 Å².